The molecule has 40 heavy (non-hydrogen) atoms. The number of aromatic nitrogens is 7. The lowest BCUT2D eigenvalue weighted by molar-refractivity contribution is -0.117. The molecule has 1 N–H and O–H groups in total. The van der Waals surface area contributed by atoms with Gasteiger partial charge < -0.3 is 9.74 Å². The van der Waals surface area contributed by atoms with E-state index >= 15 is 0 Å². The number of amides is 1. The van der Waals surface area contributed by atoms with Crippen molar-refractivity contribution in [3.8, 4) is 5.82 Å². The molecular formula is C27H34Cl2N8O2Si-. The van der Waals surface area contributed by atoms with Crippen LogP contribution in [0, 0.1) is 0 Å². The van der Waals surface area contributed by atoms with Gasteiger partial charge in [0.1, 0.15) is 5.69 Å². The van der Waals surface area contributed by atoms with Gasteiger partial charge in [-0.3, -0.25) is 4.79 Å². The summed E-state index contributed by atoms with van der Waals surface area (Å²) < 4.78 is 8.19. The molecule has 0 fully saturated rings. The minimum absolute atomic E-state index is 0.0777. The summed E-state index contributed by atoms with van der Waals surface area (Å²) in [7, 11) is -1.98. The first kappa shape index (κ1) is 28.7. The summed E-state index contributed by atoms with van der Waals surface area (Å²) in [5.74, 6) is -0.228. The third-order valence-corrected chi connectivity index (χ3v) is 13.0. The van der Waals surface area contributed by atoms with Gasteiger partial charge in [-0.25, -0.2) is 14.5 Å². The molecule has 0 aliphatic heterocycles. The summed E-state index contributed by atoms with van der Waals surface area (Å²) in [6, 6.07) is 3.36. The monoisotopic (exact) mass is 600 g/mol. The number of carbonyl (C=O) groups is 1. The number of nitrogens with zero attached hydrogens (tertiary/aromatic N) is 7. The van der Waals surface area contributed by atoms with Gasteiger partial charge in [-0.1, -0.05) is 57.8 Å². The summed E-state index contributed by atoms with van der Waals surface area (Å²) >= 11 is 12.7. The summed E-state index contributed by atoms with van der Waals surface area (Å²) in [6.07, 6.45) is 5.34. The number of rotatable bonds is 6. The number of carbonyl (C=O) groups excluding carboxylic acids is 1. The molecule has 0 bridgehead atoms. The number of fused-ring (bicyclic) bond motifs is 3. The summed E-state index contributed by atoms with van der Waals surface area (Å²) in [5.41, 5.74) is 3.28. The zero-order valence-electron chi connectivity index (χ0n) is 24.0. The predicted octanol–water partition coefficient (Wildman–Crippen LogP) is 6.50. The van der Waals surface area contributed by atoms with Crippen LogP contribution in [0.25, 0.3) is 11.5 Å². The van der Waals surface area contributed by atoms with Gasteiger partial charge in [-0.15, -0.1) is 28.0 Å². The van der Waals surface area contributed by atoms with Crippen molar-refractivity contribution in [3.63, 3.8) is 0 Å². The van der Waals surface area contributed by atoms with E-state index in [1.165, 1.54) is 4.80 Å². The maximum atomic E-state index is 13.4. The van der Waals surface area contributed by atoms with Crippen molar-refractivity contribution in [1.29, 1.82) is 0 Å². The number of nitrogens with one attached hydrogen (secondary N) is 1. The van der Waals surface area contributed by atoms with Crippen LogP contribution in [0.4, 0.5) is 5.69 Å². The largest absolute Gasteiger partial charge is 0.558 e. The van der Waals surface area contributed by atoms with E-state index in [4.69, 9.17) is 27.6 Å². The Morgan fingerprint density at radius 2 is 1.88 bits per heavy atom. The first-order valence-electron chi connectivity index (χ1n) is 13.2. The average molecular weight is 602 g/mol. The van der Waals surface area contributed by atoms with Crippen LogP contribution >= 0.6 is 23.2 Å². The van der Waals surface area contributed by atoms with Crippen LogP contribution in [-0.4, -0.2) is 48.8 Å². The molecule has 1 aliphatic rings. The molecule has 0 spiro atoms. The zero-order chi connectivity index (χ0) is 29.2. The van der Waals surface area contributed by atoms with E-state index in [0.29, 0.717) is 39.4 Å². The van der Waals surface area contributed by atoms with Crippen molar-refractivity contribution in [2.75, 3.05) is 5.32 Å². The quantitative estimate of drug-likeness (QED) is 0.251. The highest BCUT2D eigenvalue weighted by Crippen LogP contribution is 2.46. The van der Waals surface area contributed by atoms with Crippen molar-refractivity contribution in [3.05, 3.63) is 57.9 Å². The van der Waals surface area contributed by atoms with Crippen molar-refractivity contribution in [1.82, 2.24) is 34.6 Å². The lowest BCUT2D eigenvalue weighted by Gasteiger charge is -2.50. The maximum Gasteiger partial charge on any atom is 0.232 e. The summed E-state index contributed by atoms with van der Waals surface area (Å²) in [5, 5.41) is 17.0. The molecule has 10 nitrogen and oxygen atoms in total. The molecule has 13 heteroatoms. The van der Waals surface area contributed by atoms with Crippen LogP contribution in [-0.2, 0) is 14.6 Å². The second-order valence-electron chi connectivity index (χ2n) is 12.5. The Kier molecular flexibility index (Phi) is 7.09. The van der Waals surface area contributed by atoms with E-state index in [0.717, 1.165) is 11.3 Å². The molecule has 5 rings (SSSR count). The molecule has 0 saturated carbocycles. The highest BCUT2D eigenvalue weighted by Gasteiger charge is 2.43. The Hall–Kier alpha value is -2.86. The van der Waals surface area contributed by atoms with Gasteiger partial charge >= 0.3 is 0 Å². The molecule has 4 aromatic rings. The molecule has 1 amide bonds. The second-order valence-corrected chi connectivity index (χ2v) is 18.1. The summed E-state index contributed by atoms with van der Waals surface area (Å²) in [6.45, 7) is 17.2. The molecule has 213 valence electrons. The first-order valence-corrected chi connectivity index (χ1v) is 16.9. The van der Waals surface area contributed by atoms with Gasteiger partial charge in [0.25, 0.3) is 0 Å². The van der Waals surface area contributed by atoms with Crippen molar-refractivity contribution in [2.45, 2.75) is 83.5 Å². The first-order chi connectivity index (χ1) is 18.6. The third kappa shape index (κ3) is 5.15. The van der Waals surface area contributed by atoms with Crippen molar-refractivity contribution < 1.29 is 9.22 Å². The zero-order valence-corrected chi connectivity index (χ0v) is 26.5. The average Bonchev–Trinajstić information content (AvgIpc) is 3.53. The highest BCUT2D eigenvalue weighted by atomic mass is 35.5. The van der Waals surface area contributed by atoms with Crippen LogP contribution in [0.3, 0.4) is 0 Å². The molecule has 2 atom stereocenters. The number of pyridine rings is 1. The molecule has 4 heterocycles. The molecule has 4 aromatic heterocycles. The number of anilines is 1. The Bertz CT molecular complexity index is 1610. The minimum atomic E-state index is -1.98. The van der Waals surface area contributed by atoms with Crippen molar-refractivity contribution >= 4 is 48.8 Å². The van der Waals surface area contributed by atoms with Crippen molar-refractivity contribution in [2.24, 2.45) is 0 Å². The Morgan fingerprint density at radius 1 is 1.15 bits per heavy atom. The number of hydrogen-bond donors (Lipinski definition) is 1. The molecular weight excluding hydrogens is 567 g/mol. The van der Waals surface area contributed by atoms with Gasteiger partial charge in [0.2, 0.25) is 5.91 Å². The van der Waals surface area contributed by atoms with Crippen LogP contribution in [0.15, 0.2) is 30.7 Å². The highest BCUT2D eigenvalue weighted by molar-refractivity contribution is 6.74. The molecule has 0 saturated heterocycles. The third-order valence-electron chi connectivity index (χ3n) is 8.01. The second kappa shape index (κ2) is 9.90. The lowest BCUT2D eigenvalue weighted by Crippen LogP contribution is -2.41. The van der Waals surface area contributed by atoms with Gasteiger partial charge in [-0.2, -0.15) is 10.2 Å². The van der Waals surface area contributed by atoms with Gasteiger partial charge in [0, 0.05) is 23.2 Å². The standard InChI is InChI=1S/C27H34Cl2N8O2Si/c1-15(39-40(7,8)26(2,3)4)20-14-32-37(34-20)24-19(28)9-16(12-31-24)33-25(38)17-11-27(5,6)23-18(17)13-30-22-10-21(29)35-36(22)23/h9-10,12-15,17H,11H2,1-8H3,(H,33,38)/q-1. The fourth-order valence-corrected chi connectivity index (χ4v) is 6.69. The van der Waals surface area contributed by atoms with Crippen LogP contribution in [0.5, 0.6) is 0 Å². The summed E-state index contributed by atoms with van der Waals surface area (Å²) in [4.78, 5) is 23.7. The van der Waals surface area contributed by atoms with E-state index in [-0.39, 0.29) is 22.5 Å². The minimum Gasteiger partial charge on any atom is -0.558 e. The predicted molar refractivity (Wildman–Crippen MR) is 158 cm³/mol. The SMILES string of the molecule is CC(O[Si-](C)(C)C(C)(C)C)c1cnn(-c2ncc(NC(=O)C3CC(C)(C)c4c3cnc3cc(Cl)nn43)cc2Cl)n1. The Morgan fingerprint density at radius 3 is 2.55 bits per heavy atom. The molecule has 0 aromatic carbocycles. The van der Waals surface area contributed by atoms with E-state index in [2.05, 4.69) is 78.3 Å². The maximum absolute atomic E-state index is 13.4. The fraction of sp³-hybridized carbons (Fsp3) is 0.481. The topological polar surface area (TPSA) is 112 Å². The molecule has 1 aliphatic carbocycles. The normalized spacial score (nSPS) is 17.7. The lowest BCUT2D eigenvalue weighted by atomic mass is 9.88. The van der Waals surface area contributed by atoms with E-state index in [1.54, 1.807) is 35.2 Å². The number of hydrogen-bond acceptors (Lipinski definition) is 7. The van der Waals surface area contributed by atoms with Gasteiger partial charge in [-0.05, 0) is 27.7 Å². The van der Waals surface area contributed by atoms with Crippen LogP contribution < -0.4 is 5.32 Å². The Balaban J connectivity index is 1.33. The van der Waals surface area contributed by atoms with E-state index in [1.807, 2.05) is 6.92 Å². The number of halogens is 2. The fourth-order valence-electron chi connectivity index (χ4n) is 4.92. The Labute approximate surface area is 244 Å². The molecule has 2 unspecified atom stereocenters. The van der Waals surface area contributed by atoms with E-state index < -0.39 is 14.2 Å². The van der Waals surface area contributed by atoms with Crippen LogP contribution in [0.1, 0.15) is 76.9 Å². The molecule has 0 radical (unpaired) electrons. The smallest absolute Gasteiger partial charge is 0.232 e. The van der Waals surface area contributed by atoms with Gasteiger partial charge in [0.15, 0.2) is 16.6 Å². The van der Waals surface area contributed by atoms with Crippen LogP contribution in [0.2, 0.25) is 28.3 Å². The van der Waals surface area contributed by atoms with Gasteiger partial charge in [0.05, 0.1) is 40.8 Å². The van der Waals surface area contributed by atoms with E-state index in [9.17, 15) is 4.79 Å².